The zero-order valence-electron chi connectivity index (χ0n) is 27.2. The Morgan fingerprint density at radius 1 is 0.490 bits per heavy atom. The highest BCUT2D eigenvalue weighted by molar-refractivity contribution is 7.99. The van der Waals surface area contributed by atoms with Crippen molar-refractivity contribution in [2.45, 2.75) is 31.2 Å². The van der Waals surface area contributed by atoms with Crippen LogP contribution >= 0.6 is 11.8 Å². The van der Waals surface area contributed by atoms with Gasteiger partial charge in [-0.15, -0.1) is 0 Å². The van der Waals surface area contributed by atoms with Gasteiger partial charge in [0.05, 0.1) is 24.0 Å². The lowest BCUT2D eigenvalue weighted by atomic mass is 9.68. The van der Waals surface area contributed by atoms with Crippen LogP contribution in [-0.4, -0.2) is 28.8 Å². The van der Waals surface area contributed by atoms with Crippen molar-refractivity contribution in [2.75, 3.05) is 14.2 Å². The maximum atomic E-state index is 15.7. The third-order valence-electron chi connectivity index (χ3n) is 8.31. The summed E-state index contributed by atoms with van der Waals surface area (Å²) in [4.78, 5) is 1.57. The summed E-state index contributed by atoms with van der Waals surface area (Å²) in [7, 11) is -0.881. The lowest BCUT2D eigenvalue weighted by Gasteiger charge is -2.37. The lowest BCUT2D eigenvalue weighted by molar-refractivity contribution is -0.166. The number of methoxy groups -OCH3 is 2. The molecule has 0 spiro atoms. The molecule has 6 aromatic carbocycles. The highest BCUT2D eigenvalue weighted by Crippen LogP contribution is 2.52. The van der Waals surface area contributed by atoms with Gasteiger partial charge in [0.1, 0.15) is 34.2 Å². The normalized spacial score (nSPS) is 12.9. The van der Waals surface area contributed by atoms with E-state index >= 15 is 13.2 Å². The molecule has 0 fully saturated rings. The summed E-state index contributed by atoms with van der Waals surface area (Å²) in [5.41, 5.74) is -2.65. The summed E-state index contributed by atoms with van der Waals surface area (Å²) in [6.45, 7) is 0. The SMILES string of the molecule is COc1ccc(C(c2ccc(Oc3ccc(S(=O)(=O)c4ccc(OC)cc4)cc3)cc2)(c2ccc(Sc3ccc(F)cc3)cc2)C(F)(F)F)cc1. The van der Waals surface area contributed by atoms with Crippen LogP contribution < -0.4 is 14.2 Å². The highest BCUT2D eigenvalue weighted by atomic mass is 32.2. The second-order valence-electron chi connectivity index (χ2n) is 11.3. The van der Waals surface area contributed by atoms with Gasteiger partial charge in [-0.25, -0.2) is 12.8 Å². The minimum Gasteiger partial charge on any atom is -0.497 e. The van der Waals surface area contributed by atoms with Crippen LogP contribution in [0.25, 0.3) is 0 Å². The number of sulfone groups is 1. The first-order valence-electron chi connectivity index (χ1n) is 15.5. The molecular formula is C40H30F4O5S2. The first kappa shape index (κ1) is 35.6. The Kier molecular flexibility index (Phi) is 10.1. The van der Waals surface area contributed by atoms with E-state index in [1.54, 1.807) is 36.4 Å². The van der Waals surface area contributed by atoms with Crippen molar-refractivity contribution in [3.8, 4) is 23.0 Å². The molecule has 1 unspecified atom stereocenters. The molecule has 260 valence electrons. The Labute approximate surface area is 297 Å². The highest BCUT2D eigenvalue weighted by Gasteiger charge is 2.58. The van der Waals surface area contributed by atoms with E-state index < -0.39 is 21.4 Å². The number of hydrogen-bond donors (Lipinski definition) is 0. The van der Waals surface area contributed by atoms with Crippen LogP contribution in [0.4, 0.5) is 17.6 Å². The Hall–Kier alpha value is -5.26. The van der Waals surface area contributed by atoms with E-state index in [-0.39, 0.29) is 38.0 Å². The molecule has 0 saturated carbocycles. The molecule has 0 aromatic heterocycles. The number of ether oxygens (including phenoxy) is 3. The van der Waals surface area contributed by atoms with E-state index in [1.165, 1.54) is 135 Å². The fourth-order valence-corrected chi connectivity index (χ4v) is 7.81. The first-order chi connectivity index (χ1) is 24.4. The summed E-state index contributed by atoms with van der Waals surface area (Å²) < 4.78 is 103. The Bertz CT molecular complexity index is 2190. The quantitative estimate of drug-likeness (QED) is 0.0977. The van der Waals surface area contributed by atoms with Gasteiger partial charge in [0.2, 0.25) is 9.84 Å². The Morgan fingerprint density at radius 3 is 1.22 bits per heavy atom. The van der Waals surface area contributed by atoms with Crippen LogP contribution in [-0.2, 0) is 15.3 Å². The van der Waals surface area contributed by atoms with Gasteiger partial charge >= 0.3 is 6.18 Å². The molecule has 5 nitrogen and oxygen atoms in total. The molecule has 0 N–H and O–H groups in total. The van der Waals surface area contributed by atoms with Crippen molar-refractivity contribution < 1.29 is 40.2 Å². The third kappa shape index (κ3) is 7.31. The minimum absolute atomic E-state index is 0.00838. The Morgan fingerprint density at radius 2 is 0.824 bits per heavy atom. The van der Waals surface area contributed by atoms with Crippen molar-refractivity contribution >= 4 is 21.6 Å². The van der Waals surface area contributed by atoms with Gasteiger partial charge in [0.15, 0.2) is 0 Å². The van der Waals surface area contributed by atoms with Gasteiger partial charge < -0.3 is 14.2 Å². The summed E-state index contributed by atoms with van der Waals surface area (Å²) in [6, 6.07) is 35.2. The molecule has 51 heavy (non-hydrogen) atoms. The predicted octanol–water partition coefficient (Wildman–Crippen LogP) is 10.5. The first-order valence-corrected chi connectivity index (χ1v) is 17.8. The summed E-state index contributed by atoms with van der Waals surface area (Å²) in [5.74, 6) is 1.10. The van der Waals surface area contributed by atoms with E-state index in [9.17, 15) is 12.8 Å². The fourth-order valence-electron chi connectivity index (χ4n) is 5.73. The molecular weight excluding hydrogens is 701 g/mol. The van der Waals surface area contributed by atoms with Crippen LogP contribution in [0.5, 0.6) is 23.0 Å². The molecule has 0 radical (unpaired) electrons. The van der Waals surface area contributed by atoms with Gasteiger partial charge in [-0.3, -0.25) is 0 Å². The number of rotatable bonds is 11. The monoisotopic (exact) mass is 730 g/mol. The minimum atomic E-state index is -4.79. The number of hydrogen-bond acceptors (Lipinski definition) is 6. The molecule has 0 aliphatic heterocycles. The largest absolute Gasteiger partial charge is 0.497 e. The van der Waals surface area contributed by atoms with Gasteiger partial charge in [-0.1, -0.05) is 48.2 Å². The standard InChI is InChI=1S/C40H30F4O5S2/c1-47-31-11-3-27(4-12-31)39(40(42,43)44,29-7-19-35(20-8-29)50-36-21-9-30(41)10-22-36)28-5-13-33(14-6-28)49-34-17-25-38(26-18-34)51(45,46)37-23-15-32(48-2)16-24-37/h3-26H,1-2H3. The van der Waals surface area contributed by atoms with Gasteiger partial charge in [-0.2, -0.15) is 13.2 Å². The van der Waals surface area contributed by atoms with Crippen molar-refractivity contribution in [1.29, 1.82) is 0 Å². The summed E-state index contributed by atoms with van der Waals surface area (Å²) >= 11 is 1.31. The zero-order chi connectivity index (χ0) is 36.2. The van der Waals surface area contributed by atoms with E-state index in [0.717, 1.165) is 4.90 Å². The third-order valence-corrected chi connectivity index (χ3v) is 11.1. The molecule has 6 rings (SSSR count). The molecule has 0 saturated heterocycles. The van der Waals surface area contributed by atoms with Crippen molar-refractivity contribution in [2.24, 2.45) is 0 Å². The van der Waals surface area contributed by atoms with Crippen molar-refractivity contribution in [1.82, 2.24) is 0 Å². The Balaban J connectivity index is 1.32. The van der Waals surface area contributed by atoms with Crippen LogP contribution in [0.1, 0.15) is 16.7 Å². The smallest absolute Gasteiger partial charge is 0.406 e. The summed E-state index contributed by atoms with van der Waals surface area (Å²) in [6.07, 6.45) is -4.79. The number of halogens is 4. The van der Waals surface area contributed by atoms with E-state index in [4.69, 9.17) is 14.2 Å². The number of alkyl halides is 3. The second kappa shape index (κ2) is 14.5. The molecule has 0 aliphatic rings. The van der Waals surface area contributed by atoms with Crippen LogP contribution in [0, 0.1) is 5.82 Å². The lowest BCUT2D eigenvalue weighted by Crippen LogP contribution is -2.44. The van der Waals surface area contributed by atoms with Gasteiger partial charge in [0.25, 0.3) is 0 Å². The van der Waals surface area contributed by atoms with E-state index in [0.29, 0.717) is 22.1 Å². The molecule has 0 amide bonds. The molecule has 11 heteroatoms. The average molecular weight is 731 g/mol. The second-order valence-corrected chi connectivity index (χ2v) is 14.4. The van der Waals surface area contributed by atoms with E-state index in [1.807, 2.05) is 0 Å². The average Bonchev–Trinajstić information content (AvgIpc) is 3.14. The maximum Gasteiger partial charge on any atom is 0.406 e. The predicted molar refractivity (Wildman–Crippen MR) is 187 cm³/mol. The topological polar surface area (TPSA) is 61.8 Å². The van der Waals surface area contributed by atoms with E-state index in [2.05, 4.69) is 0 Å². The van der Waals surface area contributed by atoms with Crippen LogP contribution in [0.3, 0.4) is 0 Å². The van der Waals surface area contributed by atoms with Gasteiger partial charge in [-0.05, 0) is 126 Å². The maximum absolute atomic E-state index is 15.7. The van der Waals surface area contributed by atoms with Crippen LogP contribution in [0.15, 0.2) is 165 Å². The molecule has 0 aliphatic carbocycles. The van der Waals surface area contributed by atoms with Crippen LogP contribution in [0.2, 0.25) is 0 Å². The molecule has 1 atom stereocenters. The molecule has 0 heterocycles. The fraction of sp³-hybridized carbons (Fsp3) is 0.100. The van der Waals surface area contributed by atoms with Crippen molar-refractivity contribution in [3.63, 3.8) is 0 Å². The number of benzene rings is 6. The molecule has 6 aromatic rings. The zero-order valence-corrected chi connectivity index (χ0v) is 28.9. The summed E-state index contributed by atoms with van der Waals surface area (Å²) in [5, 5.41) is 0. The van der Waals surface area contributed by atoms with Gasteiger partial charge in [0, 0.05) is 9.79 Å². The molecule has 0 bridgehead atoms. The van der Waals surface area contributed by atoms with Crippen molar-refractivity contribution in [3.05, 3.63) is 168 Å².